The SMILES string of the molecule is COC(=O)Nc1ccc2c(c1)N[C@@H](C(=O)N1CC(O)C1)CCCC[C@H](N)c1cc-2ccn1. The van der Waals surface area contributed by atoms with Crippen LogP contribution >= 0.6 is 0 Å². The number of hydrogen-bond donors (Lipinski definition) is 4. The number of nitrogens with zero attached hydrogens (tertiary/aromatic N) is 2. The van der Waals surface area contributed by atoms with Gasteiger partial charge in [0.15, 0.2) is 0 Å². The lowest BCUT2D eigenvalue weighted by Gasteiger charge is -2.38. The zero-order valence-corrected chi connectivity index (χ0v) is 18.1. The van der Waals surface area contributed by atoms with Crippen LogP contribution in [-0.4, -0.2) is 59.3 Å². The van der Waals surface area contributed by atoms with Crippen LogP contribution in [0.2, 0.25) is 0 Å². The Balaban J connectivity index is 1.73. The highest BCUT2D eigenvalue weighted by molar-refractivity contribution is 5.91. The van der Waals surface area contributed by atoms with Crippen molar-refractivity contribution in [2.75, 3.05) is 30.8 Å². The molecule has 5 N–H and O–H groups in total. The summed E-state index contributed by atoms with van der Waals surface area (Å²) in [5.74, 6) is -0.0376. The number of benzene rings is 1. The van der Waals surface area contributed by atoms with E-state index >= 15 is 0 Å². The number of aromatic nitrogens is 1. The van der Waals surface area contributed by atoms with E-state index < -0.39 is 18.2 Å². The van der Waals surface area contributed by atoms with E-state index in [-0.39, 0.29) is 11.9 Å². The number of nitrogens with two attached hydrogens (primary N) is 1. The molecule has 9 heteroatoms. The lowest BCUT2D eigenvalue weighted by Crippen LogP contribution is -2.57. The molecular formula is C23H29N5O4. The van der Waals surface area contributed by atoms with Gasteiger partial charge in [-0.15, -0.1) is 0 Å². The first-order chi connectivity index (χ1) is 15.4. The van der Waals surface area contributed by atoms with Gasteiger partial charge >= 0.3 is 6.09 Å². The number of nitrogens with one attached hydrogen (secondary N) is 2. The Labute approximate surface area is 187 Å². The van der Waals surface area contributed by atoms with Crippen molar-refractivity contribution in [1.29, 1.82) is 0 Å². The zero-order valence-electron chi connectivity index (χ0n) is 18.1. The van der Waals surface area contributed by atoms with Crippen LogP contribution in [0, 0.1) is 0 Å². The van der Waals surface area contributed by atoms with Crippen molar-refractivity contribution in [1.82, 2.24) is 9.88 Å². The number of aliphatic hydroxyl groups is 1. The van der Waals surface area contributed by atoms with E-state index in [2.05, 4.69) is 15.6 Å². The van der Waals surface area contributed by atoms with Gasteiger partial charge in [0.2, 0.25) is 5.91 Å². The van der Waals surface area contributed by atoms with Crippen molar-refractivity contribution in [3.63, 3.8) is 0 Å². The van der Waals surface area contributed by atoms with E-state index in [0.717, 1.165) is 36.1 Å². The molecule has 2 aliphatic rings. The summed E-state index contributed by atoms with van der Waals surface area (Å²) in [7, 11) is 1.30. The second-order valence-electron chi connectivity index (χ2n) is 8.33. The van der Waals surface area contributed by atoms with Crippen LogP contribution in [-0.2, 0) is 9.53 Å². The molecule has 1 aromatic carbocycles. The number of likely N-dealkylation sites (tertiary alicyclic amines) is 1. The number of rotatable bonds is 2. The summed E-state index contributed by atoms with van der Waals surface area (Å²) in [4.78, 5) is 31.0. The van der Waals surface area contributed by atoms with E-state index in [1.807, 2.05) is 18.2 Å². The molecule has 2 aliphatic heterocycles. The van der Waals surface area contributed by atoms with E-state index in [9.17, 15) is 14.7 Å². The average molecular weight is 440 g/mol. The predicted octanol–water partition coefficient (Wildman–Crippen LogP) is 2.48. The molecule has 9 nitrogen and oxygen atoms in total. The highest BCUT2D eigenvalue weighted by atomic mass is 16.5. The number of hydrogen-bond acceptors (Lipinski definition) is 7. The first kappa shape index (κ1) is 22.0. The lowest BCUT2D eigenvalue weighted by molar-refractivity contribution is -0.142. The number of anilines is 2. The average Bonchev–Trinajstić information content (AvgIpc) is 2.77. The first-order valence-electron chi connectivity index (χ1n) is 10.9. The van der Waals surface area contributed by atoms with Crippen LogP contribution in [0.1, 0.15) is 37.4 Å². The second-order valence-corrected chi connectivity index (χ2v) is 8.33. The van der Waals surface area contributed by atoms with E-state index in [0.29, 0.717) is 30.9 Å². The van der Waals surface area contributed by atoms with Gasteiger partial charge in [0.25, 0.3) is 0 Å². The van der Waals surface area contributed by atoms with Crippen LogP contribution in [0.25, 0.3) is 11.1 Å². The summed E-state index contributed by atoms with van der Waals surface area (Å²) in [5, 5.41) is 15.7. The maximum atomic E-state index is 13.1. The molecule has 2 atom stereocenters. The molecule has 0 unspecified atom stereocenters. The van der Waals surface area contributed by atoms with Crippen molar-refractivity contribution >= 4 is 23.4 Å². The van der Waals surface area contributed by atoms with Gasteiger partial charge in [-0.2, -0.15) is 0 Å². The molecule has 0 aliphatic carbocycles. The Kier molecular flexibility index (Phi) is 6.57. The summed E-state index contributed by atoms with van der Waals surface area (Å²) < 4.78 is 4.70. The number of β-amino-alcohol motifs (C(OH)–C–C–N with tert-alkyl or cyclic N) is 1. The van der Waals surface area contributed by atoms with Gasteiger partial charge < -0.3 is 25.8 Å². The highest BCUT2D eigenvalue weighted by Gasteiger charge is 2.33. The molecule has 170 valence electrons. The summed E-state index contributed by atoms with van der Waals surface area (Å²) >= 11 is 0. The standard InChI is InChI=1S/C23H29N5O4/c1-32-23(31)26-15-6-7-17-14-8-9-25-21(10-14)18(24)4-2-3-5-19(27-20(17)11-15)22(30)28-12-16(29)13-28/h6-11,16,18-19,27,29H,2-5,12-13,24H2,1H3,(H,26,31)/t18-,19+/m0/s1. The second kappa shape index (κ2) is 9.54. The quantitative estimate of drug-likeness (QED) is 0.566. The van der Waals surface area contributed by atoms with Crippen molar-refractivity contribution in [3.05, 3.63) is 42.2 Å². The molecule has 32 heavy (non-hydrogen) atoms. The van der Waals surface area contributed by atoms with Gasteiger partial charge in [-0.05, 0) is 42.7 Å². The molecule has 2 bridgehead atoms. The van der Waals surface area contributed by atoms with Gasteiger partial charge in [0.05, 0.1) is 18.9 Å². The molecule has 1 aromatic heterocycles. The maximum Gasteiger partial charge on any atom is 0.411 e. The summed E-state index contributed by atoms with van der Waals surface area (Å²) in [5.41, 5.74) is 10.3. The highest BCUT2D eigenvalue weighted by Crippen LogP contribution is 2.34. The number of aliphatic hydroxyl groups excluding tert-OH is 1. The Hall–Kier alpha value is -3.17. The van der Waals surface area contributed by atoms with Crippen LogP contribution in [0.4, 0.5) is 16.2 Å². The number of methoxy groups -OCH3 is 1. The number of amides is 2. The Morgan fingerprint density at radius 3 is 2.75 bits per heavy atom. The van der Waals surface area contributed by atoms with Gasteiger partial charge in [-0.3, -0.25) is 15.1 Å². The first-order valence-corrected chi connectivity index (χ1v) is 10.9. The normalized spacial score (nSPS) is 21.2. The summed E-state index contributed by atoms with van der Waals surface area (Å²) in [6, 6.07) is 8.72. The molecule has 0 spiro atoms. The van der Waals surface area contributed by atoms with E-state index in [4.69, 9.17) is 10.5 Å². The zero-order chi connectivity index (χ0) is 22.7. The topological polar surface area (TPSA) is 130 Å². The van der Waals surface area contributed by atoms with Crippen LogP contribution < -0.4 is 16.4 Å². The minimum Gasteiger partial charge on any atom is -0.453 e. The van der Waals surface area contributed by atoms with Gasteiger partial charge in [-0.1, -0.05) is 18.9 Å². The molecule has 0 radical (unpaired) electrons. The van der Waals surface area contributed by atoms with Crippen molar-refractivity contribution in [2.45, 2.75) is 43.9 Å². The summed E-state index contributed by atoms with van der Waals surface area (Å²) in [6.45, 7) is 0.707. The van der Waals surface area contributed by atoms with Gasteiger partial charge in [-0.25, -0.2) is 4.79 Å². The third-order valence-corrected chi connectivity index (χ3v) is 5.98. The molecule has 1 saturated heterocycles. The van der Waals surface area contributed by atoms with Gasteiger partial charge in [0, 0.05) is 42.3 Å². The van der Waals surface area contributed by atoms with E-state index in [1.165, 1.54) is 7.11 Å². The molecular weight excluding hydrogens is 410 g/mol. The fraction of sp³-hybridized carbons (Fsp3) is 0.435. The third kappa shape index (κ3) is 4.84. The number of carbonyl (C=O) groups excluding carboxylic acids is 2. The maximum absolute atomic E-state index is 13.1. The minimum absolute atomic E-state index is 0.0376. The van der Waals surface area contributed by atoms with Crippen LogP contribution in [0.5, 0.6) is 0 Å². The van der Waals surface area contributed by atoms with Crippen molar-refractivity contribution in [2.24, 2.45) is 5.73 Å². The molecule has 3 heterocycles. The molecule has 0 saturated carbocycles. The number of fused-ring (bicyclic) bond motifs is 4. The molecule has 2 aromatic rings. The van der Waals surface area contributed by atoms with E-state index in [1.54, 1.807) is 23.2 Å². The molecule has 2 amide bonds. The fourth-order valence-corrected chi connectivity index (χ4v) is 4.14. The Bertz CT molecular complexity index is 992. The number of ether oxygens (including phenoxy) is 1. The smallest absolute Gasteiger partial charge is 0.411 e. The van der Waals surface area contributed by atoms with Crippen molar-refractivity contribution < 1.29 is 19.4 Å². The third-order valence-electron chi connectivity index (χ3n) is 5.98. The fourth-order valence-electron chi connectivity index (χ4n) is 4.14. The van der Waals surface area contributed by atoms with Crippen LogP contribution in [0.3, 0.4) is 0 Å². The largest absolute Gasteiger partial charge is 0.453 e. The van der Waals surface area contributed by atoms with Crippen LogP contribution in [0.15, 0.2) is 36.5 Å². The Morgan fingerprint density at radius 2 is 2.00 bits per heavy atom. The number of carbonyl (C=O) groups is 2. The predicted molar refractivity (Wildman–Crippen MR) is 121 cm³/mol. The molecule has 1 fully saturated rings. The van der Waals surface area contributed by atoms with Crippen molar-refractivity contribution in [3.8, 4) is 11.1 Å². The monoisotopic (exact) mass is 439 g/mol. The minimum atomic E-state index is -0.572. The molecule has 4 rings (SSSR count). The lowest BCUT2D eigenvalue weighted by atomic mass is 9.96. The Morgan fingerprint density at radius 1 is 1.22 bits per heavy atom. The summed E-state index contributed by atoms with van der Waals surface area (Å²) in [6.07, 6.45) is 3.83. The number of pyridine rings is 1. The van der Waals surface area contributed by atoms with Gasteiger partial charge in [0.1, 0.15) is 6.04 Å².